The topological polar surface area (TPSA) is 37.4 Å². The molecule has 0 fully saturated rings. The fraction of sp³-hybridized carbons (Fsp3) is 0.167. The highest BCUT2D eigenvalue weighted by atomic mass is 35.5. The number of hydrogen-bond acceptors (Lipinski definition) is 2. The quantitative estimate of drug-likeness (QED) is 0.457. The highest BCUT2D eigenvalue weighted by Gasteiger charge is 2.33. The van der Waals surface area contributed by atoms with Gasteiger partial charge in [0, 0.05) is 12.4 Å². The summed E-state index contributed by atoms with van der Waals surface area (Å²) in [5.41, 5.74) is 0.957. The van der Waals surface area contributed by atoms with Crippen LogP contribution in [0.15, 0.2) is 36.4 Å². The minimum absolute atomic E-state index is 0.236. The third kappa shape index (κ3) is 1.74. The first-order valence-corrected chi connectivity index (χ1v) is 5.45. The van der Waals surface area contributed by atoms with E-state index in [1.54, 1.807) is 36.4 Å². The maximum Gasteiger partial charge on any atom is 0.261 e. The Kier molecular flexibility index (Phi) is 3.06. The van der Waals surface area contributed by atoms with Crippen LogP contribution < -0.4 is 0 Å². The Balaban J connectivity index is 2.25. The van der Waals surface area contributed by atoms with Gasteiger partial charge in [-0.05, 0) is 12.1 Å². The monoisotopic (exact) mass is 235 g/mol. The first-order chi connectivity index (χ1) is 7.75. The molecule has 1 aromatic carbocycles. The Hall–Kier alpha value is -1.61. The van der Waals surface area contributed by atoms with Crippen molar-refractivity contribution >= 4 is 23.4 Å². The zero-order valence-electron chi connectivity index (χ0n) is 8.52. The predicted molar refractivity (Wildman–Crippen MR) is 61.7 cm³/mol. The van der Waals surface area contributed by atoms with Gasteiger partial charge in [0.25, 0.3) is 11.8 Å². The smallest absolute Gasteiger partial charge is 0.261 e. The van der Waals surface area contributed by atoms with Crippen LogP contribution in [0.4, 0.5) is 0 Å². The van der Waals surface area contributed by atoms with Gasteiger partial charge in [-0.2, -0.15) is 0 Å². The molecule has 82 valence electrons. The maximum atomic E-state index is 11.8. The van der Waals surface area contributed by atoms with Crippen LogP contribution in [-0.2, 0) is 0 Å². The Morgan fingerprint density at radius 1 is 1.06 bits per heavy atom. The van der Waals surface area contributed by atoms with Crippen molar-refractivity contribution in [3.8, 4) is 0 Å². The van der Waals surface area contributed by atoms with E-state index in [-0.39, 0.29) is 18.4 Å². The summed E-state index contributed by atoms with van der Waals surface area (Å²) in [6, 6.07) is 6.84. The van der Waals surface area contributed by atoms with Crippen molar-refractivity contribution in [3.63, 3.8) is 0 Å². The zero-order chi connectivity index (χ0) is 11.5. The number of halogens is 1. The number of hydrogen-bond donors (Lipinski definition) is 0. The van der Waals surface area contributed by atoms with E-state index < -0.39 is 0 Å². The van der Waals surface area contributed by atoms with Gasteiger partial charge in [0.15, 0.2) is 0 Å². The molecule has 0 bridgehead atoms. The van der Waals surface area contributed by atoms with Gasteiger partial charge in [-0.25, -0.2) is 0 Å². The van der Waals surface area contributed by atoms with Crippen LogP contribution in [-0.4, -0.2) is 29.1 Å². The van der Waals surface area contributed by atoms with Gasteiger partial charge >= 0.3 is 0 Å². The van der Waals surface area contributed by atoms with Crippen LogP contribution in [0.3, 0.4) is 0 Å². The highest BCUT2D eigenvalue weighted by molar-refractivity contribution is 6.21. The Morgan fingerprint density at radius 3 is 2.12 bits per heavy atom. The summed E-state index contributed by atoms with van der Waals surface area (Å²) in [6.45, 7) is 0.277. The van der Waals surface area contributed by atoms with Crippen molar-refractivity contribution in [2.45, 2.75) is 0 Å². The third-order valence-electron chi connectivity index (χ3n) is 2.42. The zero-order valence-corrected chi connectivity index (χ0v) is 9.28. The number of amides is 2. The molecule has 0 saturated heterocycles. The van der Waals surface area contributed by atoms with E-state index in [4.69, 9.17) is 11.6 Å². The Morgan fingerprint density at radius 2 is 1.62 bits per heavy atom. The van der Waals surface area contributed by atoms with Gasteiger partial charge in [-0.15, -0.1) is 11.6 Å². The number of rotatable bonds is 3. The second-order valence-electron chi connectivity index (χ2n) is 3.39. The second-order valence-corrected chi connectivity index (χ2v) is 3.70. The molecule has 3 nitrogen and oxygen atoms in total. The van der Waals surface area contributed by atoms with Crippen molar-refractivity contribution in [3.05, 3.63) is 47.5 Å². The summed E-state index contributed by atoms with van der Waals surface area (Å²) in [5.74, 6) is -0.0944. The second kappa shape index (κ2) is 4.49. The first kappa shape index (κ1) is 10.9. The summed E-state index contributed by atoms with van der Waals surface area (Å²) in [5, 5.41) is 0. The summed E-state index contributed by atoms with van der Waals surface area (Å²) in [4.78, 5) is 24.9. The number of carbonyl (C=O) groups excluding carboxylic acids is 2. The molecular weight excluding hydrogens is 226 g/mol. The molecule has 0 aliphatic carbocycles. The van der Waals surface area contributed by atoms with Gasteiger partial charge in [0.2, 0.25) is 0 Å². The van der Waals surface area contributed by atoms with Crippen molar-refractivity contribution in [2.24, 2.45) is 0 Å². The van der Waals surface area contributed by atoms with E-state index >= 15 is 0 Å². The Labute approximate surface area is 98.3 Å². The maximum absolute atomic E-state index is 11.8. The molecule has 0 radical (unpaired) electrons. The standard InChI is InChI=1S/C12H10ClNO2/c13-7-3-4-8-14-11(15)9-5-1-2-6-10(9)12(14)16/h1-6H,7-8H2. The van der Waals surface area contributed by atoms with Crippen LogP contribution >= 0.6 is 11.6 Å². The molecule has 1 aliphatic rings. The van der Waals surface area contributed by atoms with Crippen LogP contribution in [0.25, 0.3) is 0 Å². The number of imide groups is 1. The SMILES string of the molecule is O=C1c2ccccc2C(=O)N1CC=CCCl. The average molecular weight is 236 g/mol. The largest absolute Gasteiger partial charge is 0.270 e. The molecule has 1 aliphatic heterocycles. The molecule has 1 heterocycles. The van der Waals surface area contributed by atoms with Gasteiger partial charge in [-0.1, -0.05) is 24.3 Å². The van der Waals surface area contributed by atoms with Crippen molar-refractivity contribution in [2.75, 3.05) is 12.4 Å². The minimum atomic E-state index is -0.236. The van der Waals surface area contributed by atoms with E-state index in [2.05, 4.69) is 0 Å². The van der Waals surface area contributed by atoms with Crippen LogP contribution in [0.1, 0.15) is 20.7 Å². The summed E-state index contributed by atoms with van der Waals surface area (Å²) in [6.07, 6.45) is 3.43. The fourth-order valence-corrected chi connectivity index (χ4v) is 1.77. The van der Waals surface area contributed by atoms with Crippen molar-refractivity contribution < 1.29 is 9.59 Å². The van der Waals surface area contributed by atoms with Crippen LogP contribution in [0, 0.1) is 0 Å². The third-order valence-corrected chi connectivity index (χ3v) is 2.60. The molecule has 0 unspecified atom stereocenters. The lowest BCUT2D eigenvalue weighted by Crippen LogP contribution is -2.29. The minimum Gasteiger partial charge on any atom is -0.270 e. The normalized spacial score (nSPS) is 14.9. The summed E-state index contributed by atoms with van der Waals surface area (Å²) < 4.78 is 0. The molecule has 0 aromatic heterocycles. The van der Waals surface area contributed by atoms with Crippen LogP contribution in [0.2, 0.25) is 0 Å². The number of carbonyl (C=O) groups is 2. The average Bonchev–Trinajstić information content (AvgIpc) is 2.55. The number of benzene rings is 1. The van der Waals surface area contributed by atoms with E-state index in [1.165, 1.54) is 4.90 Å². The molecule has 16 heavy (non-hydrogen) atoms. The van der Waals surface area contributed by atoms with Crippen molar-refractivity contribution in [1.29, 1.82) is 0 Å². The van der Waals surface area contributed by atoms with E-state index in [9.17, 15) is 9.59 Å². The lowest BCUT2D eigenvalue weighted by Gasteiger charge is -2.09. The van der Waals surface area contributed by atoms with E-state index in [0.29, 0.717) is 17.0 Å². The lowest BCUT2D eigenvalue weighted by molar-refractivity contribution is 0.0672. The molecule has 4 heteroatoms. The van der Waals surface area contributed by atoms with Gasteiger partial charge in [-0.3, -0.25) is 14.5 Å². The Bertz CT molecular complexity index is 433. The van der Waals surface area contributed by atoms with Crippen LogP contribution in [0.5, 0.6) is 0 Å². The van der Waals surface area contributed by atoms with Gasteiger partial charge in [0.1, 0.15) is 0 Å². The van der Waals surface area contributed by atoms with E-state index in [1.807, 2.05) is 0 Å². The van der Waals surface area contributed by atoms with Gasteiger partial charge in [0.05, 0.1) is 11.1 Å². The molecule has 0 spiro atoms. The molecular formula is C12H10ClNO2. The molecule has 0 N–H and O–H groups in total. The van der Waals surface area contributed by atoms with Crippen molar-refractivity contribution in [1.82, 2.24) is 4.90 Å². The summed E-state index contributed by atoms with van der Waals surface area (Å²) >= 11 is 5.47. The highest BCUT2D eigenvalue weighted by Crippen LogP contribution is 2.21. The first-order valence-electron chi connectivity index (χ1n) is 4.92. The number of alkyl halides is 1. The molecule has 1 aromatic rings. The number of allylic oxidation sites excluding steroid dienone is 1. The predicted octanol–water partition coefficient (Wildman–Crippen LogP) is 2.08. The lowest BCUT2D eigenvalue weighted by atomic mass is 10.1. The molecule has 0 atom stereocenters. The fourth-order valence-electron chi connectivity index (χ4n) is 1.65. The number of fused-ring (bicyclic) bond motifs is 1. The molecule has 2 rings (SSSR count). The number of nitrogens with zero attached hydrogens (tertiary/aromatic N) is 1. The van der Waals surface area contributed by atoms with E-state index in [0.717, 1.165) is 0 Å². The molecule has 0 saturated carbocycles. The molecule has 2 amide bonds. The van der Waals surface area contributed by atoms with Gasteiger partial charge < -0.3 is 0 Å². The summed E-state index contributed by atoms with van der Waals surface area (Å²) in [7, 11) is 0.